The molecule has 0 aliphatic rings. The minimum atomic E-state index is -1.27. The molecule has 0 saturated heterocycles. The molecule has 9 nitrogen and oxygen atoms in total. The van der Waals surface area contributed by atoms with Crippen molar-refractivity contribution in [2.75, 3.05) is 6.54 Å². The van der Waals surface area contributed by atoms with Crippen LogP contribution in [0, 0.1) is 0 Å². The second-order valence-electron chi connectivity index (χ2n) is 5.11. The van der Waals surface area contributed by atoms with E-state index in [2.05, 4.69) is 15.3 Å². The van der Waals surface area contributed by atoms with Crippen molar-refractivity contribution in [2.45, 2.75) is 0 Å². The summed E-state index contributed by atoms with van der Waals surface area (Å²) in [7, 11) is 1.41. The van der Waals surface area contributed by atoms with E-state index in [0.29, 0.717) is 5.82 Å². The zero-order valence-corrected chi connectivity index (χ0v) is 13.7. The minimum absolute atomic E-state index is 0.113. The van der Waals surface area contributed by atoms with Gasteiger partial charge in [-0.15, -0.1) is 0 Å². The molecule has 25 heavy (non-hydrogen) atoms. The van der Waals surface area contributed by atoms with Crippen LogP contribution in [0.5, 0.6) is 5.75 Å². The van der Waals surface area contributed by atoms with Gasteiger partial charge in [0.1, 0.15) is 23.5 Å². The van der Waals surface area contributed by atoms with Crippen LogP contribution in [-0.2, 0) is 11.8 Å². The second-order valence-corrected chi connectivity index (χ2v) is 5.89. The second kappa shape index (κ2) is 6.32. The highest BCUT2D eigenvalue weighted by Crippen LogP contribution is 2.26. The lowest BCUT2D eigenvalue weighted by atomic mass is 10.1. The number of aryl methyl sites for hydroxylation is 1. The zero-order chi connectivity index (χ0) is 18.1. The monoisotopic (exact) mass is 360 g/mol. The summed E-state index contributed by atoms with van der Waals surface area (Å²) in [6, 6.07) is 1.82. The number of carbonyl (C=O) groups is 2. The lowest BCUT2D eigenvalue weighted by molar-refractivity contribution is -0.135. The van der Waals surface area contributed by atoms with Crippen molar-refractivity contribution < 1.29 is 19.8 Å². The first-order valence-electron chi connectivity index (χ1n) is 7.01. The molecule has 3 aromatic rings. The molecule has 0 aliphatic heterocycles. The van der Waals surface area contributed by atoms with Gasteiger partial charge in [-0.1, -0.05) is 0 Å². The SMILES string of the molecule is Cn1c(=O)c(C(=O)NCC(=O)O)c(O)c2cnc(-c3ccsc3)nc21. The van der Waals surface area contributed by atoms with Gasteiger partial charge < -0.3 is 15.5 Å². The van der Waals surface area contributed by atoms with E-state index in [9.17, 15) is 19.5 Å². The minimum Gasteiger partial charge on any atom is -0.506 e. The van der Waals surface area contributed by atoms with Crippen LogP contribution in [0.25, 0.3) is 22.4 Å². The lowest BCUT2D eigenvalue weighted by Crippen LogP contribution is -2.35. The van der Waals surface area contributed by atoms with Crippen molar-refractivity contribution in [2.24, 2.45) is 7.05 Å². The van der Waals surface area contributed by atoms with Crippen molar-refractivity contribution in [3.05, 3.63) is 38.9 Å². The number of aromatic hydroxyl groups is 1. The summed E-state index contributed by atoms with van der Waals surface area (Å²) in [6.45, 7) is -0.674. The number of thiophene rings is 1. The molecule has 0 radical (unpaired) electrons. The van der Waals surface area contributed by atoms with Gasteiger partial charge >= 0.3 is 5.97 Å². The fraction of sp³-hybridized carbons (Fsp3) is 0.133. The van der Waals surface area contributed by atoms with E-state index in [-0.39, 0.29) is 11.0 Å². The van der Waals surface area contributed by atoms with Crippen LogP contribution in [0.15, 0.2) is 27.8 Å². The number of rotatable bonds is 4. The third kappa shape index (κ3) is 2.94. The Morgan fingerprint density at radius 3 is 2.80 bits per heavy atom. The number of carboxylic acid groups (broad SMARTS) is 1. The Bertz CT molecular complexity index is 1040. The van der Waals surface area contributed by atoms with Crippen molar-refractivity contribution in [3.63, 3.8) is 0 Å². The highest BCUT2D eigenvalue weighted by molar-refractivity contribution is 7.08. The van der Waals surface area contributed by atoms with Crippen LogP contribution in [0.1, 0.15) is 10.4 Å². The summed E-state index contributed by atoms with van der Waals surface area (Å²) in [6.07, 6.45) is 1.32. The maximum Gasteiger partial charge on any atom is 0.322 e. The zero-order valence-electron chi connectivity index (χ0n) is 12.9. The predicted molar refractivity (Wildman–Crippen MR) is 89.7 cm³/mol. The molecule has 0 saturated carbocycles. The molecule has 1 amide bonds. The van der Waals surface area contributed by atoms with E-state index in [4.69, 9.17) is 5.11 Å². The maximum absolute atomic E-state index is 12.4. The quantitative estimate of drug-likeness (QED) is 0.619. The van der Waals surface area contributed by atoms with Gasteiger partial charge in [0, 0.05) is 24.2 Å². The molecule has 0 atom stereocenters. The average Bonchev–Trinajstić information content (AvgIpc) is 3.12. The number of amides is 1. The van der Waals surface area contributed by atoms with Crippen molar-refractivity contribution in [1.82, 2.24) is 19.9 Å². The fourth-order valence-corrected chi connectivity index (χ4v) is 2.91. The number of fused-ring (bicyclic) bond motifs is 1. The lowest BCUT2D eigenvalue weighted by Gasteiger charge is -2.11. The van der Waals surface area contributed by atoms with Gasteiger partial charge in [0.05, 0.1) is 5.39 Å². The first-order valence-corrected chi connectivity index (χ1v) is 7.95. The van der Waals surface area contributed by atoms with Crippen molar-refractivity contribution in [3.8, 4) is 17.1 Å². The molecular weight excluding hydrogens is 348 g/mol. The van der Waals surface area contributed by atoms with E-state index < -0.39 is 35.3 Å². The molecule has 0 spiro atoms. The van der Waals surface area contributed by atoms with Gasteiger partial charge in [0.2, 0.25) is 0 Å². The van der Waals surface area contributed by atoms with Crippen LogP contribution in [0.3, 0.4) is 0 Å². The van der Waals surface area contributed by atoms with E-state index in [1.54, 1.807) is 0 Å². The Morgan fingerprint density at radius 2 is 2.16 bits per heavy atom. The maximum atomic E-state index is 12.4. The molecule has 0 bridgehead atoms. The largest absolute Gasteiger partial charge is 0.506 e. The third-order valence-corrected chi connectivity index (χ3v) is 4.19. The number of hydrogen-bond donors (Lipinski definition) is 3. The number of nitrogens with one attached hydrogen (secondary N) is 1. The molecule has 3 aromatic heterocycles. The normalized spacial score (nSPS) is 10.8. The highest BCUT2D eigenvalue weighted by atomic mass is 32.1. The summed E-state index contributed by atoms with van der Waals surface area (Å²) in [5.41, 5.74) is -0.415. The summed E-state index contributed by atoms with van der Waals surface area (Å²) in [4.78, 5) is 43.5. The summed E-state index contributed by atoms with van der Waals surface area (Å²) in [5.74, 6) is -2.46. The molecule has 0 aromatic carbocycles. The van der Waals surface area contributed by atoms with Gasteiger partial charge in [-0.25, -0.2) is 9.97 Å². The number of hydrogen-bond acceptors (Lipinski definition) is 7. The fourth-order valence-electron chi connectivity index (χ4n) is 2.28. The Morgan fingerprint density at radius 1 is 1.40 bits per heavy atom. The molecule has 0 fully saturated rings. The van der Waals surface area contributed by atoms with Crippen LogP contribution in [0.2, 0.25) is 0 Å². The molecule has 0 unspecified atom stereocenters. The highest BCUT2D eigenvalue weighted by Gasteiger charge is 2.22. The summed E-state index contributed by atoms with van der Waals surface area (Å²) >= 11 is 1.47. The Kier molecular flexibility index (Phi) is 4.19. The number of aliphatic carboxylic acids is 1. The van der Waals surface area contributed by atoms with Crippen LogP contribution >= 0.6 is 11.3 Å². The van der Waals surface area contributed by atoms with Gasteiger partial charge in [-0.2, -0.15) is 11.3 Å². The van der Waals surface area contributed by atoms with Crippen LogP contribution in [-0.4, -0.2) is 43.2 Å². The number of nitrogens with zero attached hydrogens (tertiary/aromatic N) is 3. The third-order valence-electron chi connectivity index (χ3n) is 3.50. The first kappa shape index (κ1) is 16.6. The van der Waals surface area contributed by atoms with Crippen molar-refractivity contribution in [1.29, 1.82) is 0 Å². The number of pyridine rings is 1. The molecule has 0 aliphatic carbocycles. The molecule has 3 rings (SSSR count). The number of carboxylic acids is 1. The summed E-state index contributed by atoms with van der Waals surface area (Å²) < 4.78 is 1.11. The van der Waals surface area contributed by atoms with Gasteiger partial charge in [0.15, 0.2) is 5.82 Å². The first-order chi connectivity index (χ1) is 11.9. The van der Waals surface area contributed by atoms with Gasteiger partial charge in [-0.05, 0) is 11.4 Å². The molecular formula is C15H12N4O5S. The predicted octanol–water partition coefficient (Wildman–Crippen LogP) is 0.577. The Balaban J connectivity index is 2.16. The molecule has 128 valence electrons. The van der Waals surface area contributed by atoms with Crippen LogP contribution in [0.4, 0.5) is 0 Å². The van der Waals surface area contributed by atoms with Gasteiger partial charge in [-0.3, -0.25) is 19.0 Å². The van der Waals surface area contributed by atoms with E-state index in [1.807, 2.05) is 16.8 Å². The molecule has 3 heterocycles. The Hall–Kier alpha value is -3.27. The van der Waals surface area contributed by atoms with E-state index in [0.717, 1.165) is 10.1 Å². The molecule has 10 heteroatoms. The Labute approximate surface area is 144 Å². The smallest absolute Gasteiger partial charge is 0.322 e. The van der Waals surface area contributed by atoms with Gasteiger partial charge in [0.25, 0.3) is 11.5 Å². The molecule has 3 N–H and O–H groups in total. The number of carbonyl (C=O) groups excluding carboxylic acids is 1. The van der Waals surface area contributed by atoms with E-state index in [1.165, 1.54) is 24.6 Å². The topological polar surface area (TPSA) is 134 Å². The van der Waals surface area contributed by atoms with Crippen molar-refractivity contribution >= 4 is 34.2 Å². The van der Waals surface area contributed by atoms with Crippen LogP contribution < -0.4 is 10.9 Å². The average molecular weight is 360 g/mol. The number of aromatic nitrogens is 3. The summed E-state index contributed by atoms with van der Waals surface area (Å²) in [5, 5.41) is 24.8. The van der Waals surface area contributed by atoms with E-state index >= 15 is 0 Å². The standard InChI is InChI=1S/C15H12N4O5S/c1-19-13-8(4-16-12(18-13)7-2-3-25-6-7)11(22)10(15(19)24)14(23)17-5-9(20)21/h2-4,6,22H,5H2,1H3,(H,17,23)(H,20,21).